The number of ketones is 1. The number of nitrogens with zero attached hydrogens (tertiary/aromatic N) is 1. The van der Waals surface area contributed by atoms with Gasteiger partial charge in [0.05, 0.1) is 17.0 Å². The van der Waals surface area contributed by atoms with Crippen molar-refractivity contribution in [3.63, 3.8) is 0 Å². The first-order valence-electron chi connectivity index (χ1n) is 5.89. The number of rotatable bonds is 3. The highest BCUT2D eigenvalue weighted by molar-refractivity contribution is 7.11. The number of fused-ring (bicyclic) bond motifs is 1. The topological polar surface area (TPSA) is 39.2 Å². The third-order valence-electron chi connectivity index (χ3n) is 3.21. The fourth-order valence-electron chi connectivity index (χ4n) is 2.19. The maximum atomic E-state index is 12.0. The number of aromatic nitrogens is 1. The van der Waals surface area contributed by atoms with Crippen LogP contribution in [-0.4, -0.2) is 17.7 Å². The van der Waals surface area contributed by atoms with Crippen molar-refractivity contribution in [2.24, 2.45) is 0 Å². The molecular weight excluding hydrogens is 245 g/mol. The molecule has 90 valence electrons. The van der Waals surface area contributed by atoms with Crippen LogP contribution in [0.15, 0.2) is 29.9 Å². The zero-order valence-electron chi connectivity index (χ0n) is 10.1. The highest BCUT2D eigenvalue weighted by Gasteiger charge is 2.23. The van der Waals surface area contributed by atoms with E-state index in [1.165, 1.54) is 22.4 Å². The molecule has 1 aliphatic rings. The van der Waals surface area contributed by atoms with Crippen LogP contribution in [-0.2, 0) is 17.7 Å². The van der Waals surface area contributed by atoms with Gasteiger partial charge in [-0.25, -0.2) is 0 Å². The van der Waals surface area contributed by atoms with E-state index in [1.54, 1.807) is 11.7 Å². The normalized spacial score (nSPS) is 13.7. The second-order valence-electron chi connectivity index (χ2n) is 4.45. The van der Waals surface area contributed by atoms with Gasteiger partial charge in [0.2, 0.25) is 0 Å². The SMILES string of the molecule is CB1OCc2ccc(CC(=O)c3cncs3)cc21. The zero-order chi connectivity index (χ0) is 12.5. The molecule has 3 rings (SSSR count). The van der Waals surface area contributed by atoms with Gasteiger partial charge in [0.15, 0.2) is 5.78 Å². The third-order valence-corrected chi connectivity index (χ3v) is 4.02. The molecule has 1 aliphatic heterocycles. The fraction of sp³-hybridized carbons (Fsp3) is 0.231. The van der Waals surface area contributed by atoms with Gasteiger partial charge in [-0.05, 0) is 16.6 Å². The van der Waals surface area contributed by atoms with Crippen molar-refractivity contribution in [3.05, 3.63) is 45.9 Å². The van der Waals surface area contributed by atoms with Crippen molar-refractivity contribution in [3.8, 4) is 0 Å². The third kappa shape index (κ3) is 2.11. The molecule has 5 heteroatoms. The molecule has 3 nitrogen and oxygen atoms in total. The van der Waals surface area contributed by atoms with Gasteiger partial charge in [-0.3, -0.25) is 9.78 Å². The van der Waals surface area contributed by atoms with Crippen LogP contribution in [0.5, 0.6) is 0 Å². The molecule has 0 saturated heterocycles. The average Bonchev–Trinajstić information content (AvgIpc) is 3.00. The summed E-state index contributed by atoms with van der Waals surface area (Å²) in [6.07, 6.45) is 2.06. The molecule has 0 N–H and O–H groups in total. The zero-order valence-corrected chi connectivity index (χ0v) is 10.9. The summed E-state index contributed by atoms with van der Waals surface area (Å²) in [6, 6.07) is 6.17. The van der Waals surface area contributed by atoms with Crippen LogP contribution in [0.25, 0.3) is 0 Å². The monoisotopic (exact) mass is 257 g/mol. The van der Waals surface area contributed by atoms with E-state index in [1.807, 2.05) is 12.9 Å². The number of carbonyl (C=O) groups excluding carboxylic acids is 1. The molecule has 2 aromatic rings. The van der Waals surface area contributed by atoms with Crippen molar-refractivity contribution in [1.29, 1.82) is 0 Å². The average molecular weight is 257 g/mol. The van der Waals surface area contributed by atoms with E-state index in [0.717, 1.165) is 10.4 Å². The molecule has 18 heavy (non-hydrogen) atoms. The summed E-state index contributed by atoms with van der Waals surface area (Å²) in [6.45, 7) is 2.86. The Balaban J connectivity index is 1.82. The molecule has 0 radical (unpaired) electrons. The van der Waals surface area contributed by atoms with Crippen LogP contribution >= 0.6 is 11.3 Å². The number of hydrogen-bond acceptors (Lipinski definition) is 4. The molecular formula is C13H12BNO2S. The van der Waals surface area contributed by atoms with Gasteiger partial charge in [-0.15, -0.1) is 11.3 Å². The smallest absolute Gasteiger partial charge is 0.324 e. The lowest BCUT2D eigenvalue weighted by atomic mass is 9.64. The minimum Gasteiger partial charge on any atom is -0.427 e. The minimum atomic E-state index is 0.129. The van der Waals surface area contributed by atoms with E-state index in [0.29, 0.717) is 13.0 Å². The first-order valence-corrected chi connectivity index (χ1v) is 6.77. The van der Waals surface area contributed by atoms with Gasteiger partial charge in [0, 0.05) is 12.6 Å². The predicted molar refractivity (Wildman–Crippen MR) is 72.6 cm³/mol. The number of thiazole rings is 1. The Kier molecular flexibility index (Phi) is 3.01. The summed E-state index contributed by atoms with van der Waals surface area (Å²) in [7, 11) is 0. The lowest BCUT2D eigenvalue weighted by molar-refractivity contribution is 0.0996. The Morgan fingerprint density at radius 3 is 3.22 bits per heavy atom. The Bertz CT molecular complexity index is 583. The van der Waals surface area contributed by atoms with Gasteiger partial charge in [0.1, 0.15) is 0 Å². The van der Waals surface area contributed by atoms with Crippen molar-refractivity contribution >= 4 is 29.5 Å². The molecule has 0 fully saturated rings. The van der Waals surface area contributed by atoms with Crippen LogP contribution in [0.2, 0.25) is 6.82 Å². The molecule has 0 bridgehead atoms. The lowest BCUT2D eigenvalue weighted by Gasteiger charge is -2.04. The van der Waals surface area contributed by atoms with E-state index in [2.05, 4.69) is 17.1 Å². The summed E-state index contributed by atoms with van der Waals surface area (Å²) in [5.74, 6) is 0.129. The van der Waals surface area contributed by atoms with E-state index in [9.17, 15) is 4.79 Å². The second-order valence-corrected chi connectivity index (χ2v) is 5.34. The predicted octanol–water partition coefficient (Wildman–Crippen LogP) is 1.93. The number of benzene rings is 1. The summed E-state index contributed by atoms with van der Waals surface area (Å²) >= 11 is 1.39. The molecule has 1 aromatic heterocycles. The van der Waals surface area contributed by atoms with Crippen molar-refractivity contribution in [2.75, 3.05) is 0 Å². The molecule has 0 saturated carbocycles. The van der Waals surface area contributed by atoms with E-state index in [-0.39, 0.29) is 12.7 Å². The van der Waals surface area contributed by atoms with Crippen molar-refractivity contribution in [1.82, 2.24) is 4.98 Å². The molecule has 0 aliphatic carbocycles. The molecule has 0 amide bonds. The van der Waals surface area contributed by atoms with Gasteiger partial charge in [-0.2, -0.15) is 0 Å². The summed E-state index contributed by atoms with van der Waals surface area (Å²) in [5.41, 5.74) is 5.18. The van der Waals surface area contributed by atoms with Crippen LogP contribution in [0.4, 0.5) is 0 Å². The van der Waals surface area contributed by atoms with E-state index >= 15 is 0 Å². The maximum Gasteiger partial charge on any atom is 0.324 e. The Labute approximate surface area is 110 Å². The maximum absolute atomic E-state index is 12.0. The Hall–Kier alpha value is -1.46. The molecule has 1 aromatic carbocycles. The number of carbonyl (C=O) groups is 1. The summed E-state index contributed by atoms with van der Waals surface area (Å²) < 4.78 is 5.56. The molecule has 0 atom stereocenters. The Morgan fingerprint density at radius 2 is 2.44 bits per heavy atom. The lowest BCUT2D eigenvalue weighted by Crippen LogP contribution is -2.24. The van der Waals surface area contributed by atoms with Gasteiger partial charge in [0.25, 0.3) is 0 Å². The summed E-state index contributed by atoms with van der Waals surface area (Å²) in [4.78, 5) is 16.7. The van der Waals surface area contributed by atoms with Crippen LogP contribution < -0.4 is 5.46 Å². The van der Waals surface area contributed by atoms with Gasteiger partial charge < -0.3 is 4.65 Å². The molecule has 0 unspecified atom stereocenters. The Morgan fingerprint density at radius 1 is 1.56 bits per heavy atom. The van der Waals surface area contributed by atoms with Crippen LogP contribution in [0, 0.1) is 0 Å². The summed E-state index contributed by atoms with van der Waals surface area (Å²) in [5, 5.41) is 0. The molecule has 0 spiro atoms. The highest BCUT2D eigenvalue weighted by atomic mass is 32.1. The first kappa shape index (κ1) is 11.6. The first-order chi connectivity index (χ1) is 8.74. The quantitative estimate of drug-likeness (QED) is 0.623. The number of hydrogen-bond donors (Lipinski definition) is 0. The largest absolute Gasteiger partial charge is 0.427 e. The van der Waals surface area contributed by atoms with Gasteiger partial charge >= 0.3 is 6.92 Å². The minimum absolute atomic E-state index is 0.129. The second kappa shape index (κ2) is 4.67. The van der Waals surface area contributed by atoms with Gasteiger partial charge in [-0.1, -0.05) is 25.0 Å². The van der Waals surface area contributed by atoms with Crippen molar-refractivity contribution < 1.29 is 9.45 Å². The van der Waals surface area contributed by atoms with E-state index in [4.69, 9.17) is 4.65 Å². The fourth-order valence-corrected chi connectivity index (χ4v) is 2.76. The van der Waals surface area contributed by atoms with Crippen molar-refractivity contribution in [2.45, 2.75) is 19.9 Å². The number of Topliss-reactive ketones (excluding diaryl/α,β-unsaturated/α-hetero) is 1. The van der Waals surface area contributed by atoms with E-state index < -0.39 is 0 Å². The highest BCUT2D eigenvalue weighted by Crippen LogP contribution is 2.15. The van der Waals surface area contributed by atoms with Crippen LogP contribution in [0.1, 0.15) is 20.8 Å². The van der Waals surface area contributed by atoms with Crippen LogP contribution in [0.3, 0.4) is 0 Å². The molecule has 2 heterocycles. The standard InChI is InChI=1S/C13H12BNO2S/c1-14-11-4-9(2-3-10(11)7-17-14)5-12(16)13-6-15-8-18-13/h2-4,6,8H,5,7H2,1H3.